The normalized spacial score (nSPS) is 10.6. The average Bonchev–Trinajstić information content (AvgIpc) is 2.31. The molecule has 0 radical (unpaired) electrons. The summed E-state index contributed by atoms with van der Waals surface area (Å²) >= 11 is 15.1. The zero-order valence-corrected chi connectivity index (χ0v) is 13.2. The predicted molar refractivity (Wildman–Crippen MR) is 82.6 cm³/mol. The van der Waals surface area contributed by atoms with Gasteiger partial charge >= 0.3 is 0 Å². The number of nitrogens with one attached hydrogen (secondary N) is 1. The van der Waals surface area contributed by atoms with E-state index in [1.807, 2.05) is 19.1 Å². The highest BCUT2D eigenvalue weighted by Gasteiger charge is 2.05. The van der Waals surface area contributed by atoms with E-state index in [0.717, 1.165) is 16.8 Å². The van der Waals surface area contributed by atoms with Crippen molar-refractivity contribution in [2.24, 2.45) is 0 Å². The maximum atomic E-state index is 13.3. The third-order valence-electron chi connectivity index (χ3n) is 2.67. The fourth-order valence-corrected chi connectivity index (χ4v) is 2.66. The van der Waals surface area contributed by atoms with Gasteiger partial charge in [0.25, 0.3) is 0 Å². The van der Waals surface area contributed by atoms with Crippen molar-refractivity contribution in [1.29, 1.82) is 0 Å². The quantitative estimate of drug-likeness (QED) is 0.725. The van der Waals surface area contributed by atoms with Gasteiger partial charge in [0.05, 0.1) is 4.47 Å². The maximum absolute atomic E-state index is 13.3. The Balaban J connectivity index is 2.16. The highest BCUT2D eigenvalue weighted by molar-refractivity contribution is 9.10. The molecule has 0 saturated carbocycles. The number of hydrogen-bond donors (Lipinski definition) is 1. The van der Waals surface area contributed by atoms with Gasteiger partial charge in [0.15, 0.2) is 0 Å². The van der Waals surface area contributed by atoms with E-state index in [9.17, 15) is 4.39 Å². The summed E-state index contributed by atoms with van der Waals surface area (Å²) in [7, 11) is 0. The molecular formula is C14H11BrCl2FN. The Morgan fingerprint density at radius 1 is 1.11 bits per heavy atom. The van der Waals surface area contributed by atoms with Crippen LogP contribution >= 0.6 is 39.1 Å². The van der Waals surface area contributed by atoms with Crippen molar-refractivity contribution in [3.05, 3.63) is 61.8 Å². The number of rotatable bonds is 3. The van der Waals surface area contributed by atoms with Gasteiger partial charge in [0, 0.05) is 22.3 Å². The monoisotopic (exact) mass is 361 g/mol. The van der Waals surface area contributed by atoms with Crippen molar-refractivity contribution >= 4 is 44.8 Å². The molecule has 0 aliphatic heterocycles. The minimum absolute atomic E-state index is 0.270. The zero-order valence-electron chi connectivity index (χ0n) is 10.1. The smallest absolute Gasteiger partial charge is 0.137 e. The number of aryl methyl sites for hydroxylation is 1. The lowest BCUT2D eigenvalue weighted by molar-refractivity contribution is 0.620. The topological polar surface area (TPSA) is 12.0 Å². The summed E-state index contributed by atoms with van der Waals surface area (Å²) in [5.74, 6) is -0.270. The Hall–Kier alpha value is -0.770. The van der Waals surface area contributed by atoms with Crippen LogP contribution in [0.2, 0.25) is 10.0 Å². The summed E-state index contributed by atoms with van der Waals surface area (Å²) in [6, 6.07) is 8.57. The van der Waals surface area contributed by atoms with Crippen LogP contribution in [-0.2, 0) is 6.54 Å². The van der Waals surface area contributed by atoms with E-state index < -0.39 is 0 Å². The second-order valence-corrected chi connectivity index (χ2v) is 5.94. The molecule has 1 N–H and O–H groups in total. The Labute approximate surface area is 129 Å². The summed E-state index contributed by atoms with van der Waals surface area (Å²) in [5.41, 5.74) is 2.68. The van der Waals surface area contributed by atoms with E-state index in [1.165, 1.54) is 6.07 Å². The molecule has 100 valence electrons. The summed E-state index contributed by atoms with van der Waals surface area (Å²) in [5, 5.41) is 4.43. The van der Waals surface area contributed by atoms with E-state index >= 15 is 0 Å². The first kappa shape index (κ1) is 14.6. The molecule has 0 atom stereocenters. The predicted octanol–water partition coefficient (Wildman–Crippen LogP) is 5.82. The first-order chi connectivity index (χ1) is 8.95. The molecule has 0 aromatic heterocycles. The van der Waals surface area contributed by atoms with Crippen LogP contribution in [0.5, 0.6) is 0 Å². The van der Waals surface area contributed by atoms with Gasteiger partial charge in [-0.15, -0.1) is 0 Å². The highest BCUT2D eigenvalue weighted by Crippen LogP contribution is 2.25. The molecule has 0 heterocycles. The van der Waals surface area contributed by atoms with Crippen LogP contribution in [0.25, 0.3) is 0 Å². The third-order valence-corrected chi connectivity index (χ3v) is 3.72. The summed E-state index contributed by atoms with van der Waals surface area (Å²) in [4.78, 5) is 0. The molecule has 0 fully saturated rings. The van der Waals surface area contributed by atoms with Crippen molar-refractivity contribution in [3.63, 3.8) is 0 Å². The van der Waals surface area contributed by atoms with Crippen LogP contribution < -0.4 is 5.32 Å². The molecule has 2 rings (SSSR count). The van der Waals surface area contributed by atoms with Crippen LogP contribution in [0.3, 0.4) is 0 Å². The fourth-order valence-electron chi connectivity index (χ4n) is 1.75. The summed E-state index contributed by atoms with van der Waals surface area (Å²) in [6.45, 7) is 2.42. The molecule has 0 aliphatic carbocycles. The molecule has 0 bridgehead atoms. The molecule has 1 nitrogen and oxygen atoms in total. The van der Waals surface area contributed by atoms with Crippen molar-refractivity contribution in [3.8, 4) is 0 Å². The van der Waals surface area contributed by atoms with E-state index in [4.69, 9.17) is 23.2 Å². The van der Waals surface area contributed by atoms with E-state index in [-0.39, 0.29) is 5.82 Å². The molecule has 0 aliphatic rings. The van der Waals surface area contributed by atoms with Crippen LogP contribution in [-0.4, -0.2) is 0 Å². The van der Waals surface area contributed by atoms with E-state index in [1.54, 1.807) is 12.1 Å². The van der Waals surface area contributed by atoms with Gasteiger partial charge < -0.3 is 5.32 Å². The van der Waals surface area contributed by atoms with Crippen LogP contribution in [0.15, 0.2) is 34.8 Å². The van der Waals surface area contributed by atoms with Crippen molar-refractivity contribution < 1.29 is 4.39 Å². The van der Waals surface area contributed by atoms with Crippen LogP contribution in [0.1, 0.15) is 11.1 Å². The Morgan fingerprint density at radius 2 is 1.74 bits per heavy atom. The fraction of sp³-hybridized carbons (Fsp3) is 0.143. The molecule has 0 amide bonds. The van der Waals surface area contributed by atoms with Crippen molar-refractivity contribution in [2.45, 2.75) is 13.5 Å². The minimum Gasteiger partial charge on any atom is -0.381 e. The molecular weight excluding hydrogens is 352 g/mol. The standard InChI is InChI=1S/C14H11BrCl2FN/c1-8-2-13(18)12(15)6-14(8)19-7-9-3-10(16)5-11(17)4-9/h2-6,19H,7H2,1H3. The number of benzene rings is 2. The van der Waals surface area contributed by atoms with Gasteiger partial charge in [-0.1, -0.05) is 23.2 Å². The zero-order chi connectivity index (χ0) is 14.0. The lowest BCUT2D eigenvalue weighted by Gasteiger charge is -2.11. The number of hydrogen-bond acceptors (Lipinski definition) is 1. The second kappa shape index (κ2) is 6.12. The summed E-state index contributed by atoms with van der Waals surface area (Å²) < 4.78 is 13.8. The van der Waals surface area contributed by atoms with Crippen molar-refractivity contribution in [1.82, 2.24) is 0 Å². The molecule has 2 aromatic carbocycles. The van der Waals surface area contributed by atoms with Gasteiger partial charge in [-0.05, 0) is 64.3 Å². The Morgan fingerprint density at radius 3 is 2.37 bits per heavy atom. The second-order valence-electron chi connectivity index (χ2n) is 4.21. The molecule has 5 heteroatoms. The molecule has 2 aromatic rings. The van der Waals surface area contributed by atoms with E-state index in [2.05, 4.69) is 21.2 Å². The van der Waals surface area contributed by atoms with Crippen LogP contribution in [0.4, 0.5) is 10.1 Å². The van der Waals surface area contributed by atoms with Crippen LogP contribution in [0, 0.1) is 12.7 Å². The molecule has 19 heavy (non-hydrogen) atoms. The lowest BCUT2D eigenvalue weighted by atomic mass is 10.1. The molecule has 0 spiro atoms. The van der Waals surface area contributed by atoms with E-state index in [0.29, 0.717) is 21.1 Å². The Kier molecular flexibility index (Phi) is 4.71. The van der Waals surface area contributed by atoms with Gasteiger partial charge in [0.2, 0.25) is 0 Å². The molecule has 0 unspecified atom stereocenters. The summed E-state index contributed by atoms with van der Waals surface area (Å²) in [6.07, 6.45) is 0. The van der Waals surface area contributed by atoms with Gasteiger partial charge in [-0.2, -0.15) is 0 Å². The number of anilines is 1. The Bertz CT molecular complexity index is 596. The third kappa shape index (κ3) is 3.85. The lowest BCUT2D eigenvalue weighted by Crippen LogP contribution is -2.01. The van der Waals surface area contributed by atoms with Gasteiger partial charge in [0.1, 0.15) is 5.82 Å². The SMILES string of the molecule is Cc1cc(F)c(Br)cc1NCc1cc(Cl)cc(Cl)c1. The van der Waals surface area contributed by atoms with Gasteiger partial charge in [-0.25, -0.2) is 4.39 Å². The number of halogens is 4. The minimum atomic E-state index is -0.270. The first-order valence-electron chi connectivity index (χ1n) is 5.60. The van der Waals surface area contributed by atoms with Crippen molar-refractivity contribution in [2.75, 3.05) is 5.32 Å². The maximum Gasteiger partial charge on any atom is 0.137 e. The first-order valence-corrected chi connectivity index (χ1v) is 7.15. The largest absolute Gasteiger partial charge is 0.381 e. The van der Waals surface area contributed by atoms with Gasteiger partial charge in [-0.3, -0.25) is 0 Å². The highest BCUT2D eigenvalue weighted by atomic mass is 79.9. The molecule has 0 saturated heterocycles. The average molecular weight is 363 g/mol.